The number of halogens is 2. The van der Waals surface area contributed by atoms with Crippen LogP contribution in [-0.2, 0) is 4.79 Å². The molecule has 0 unspecified atom stereocenters. The largest absolute Gasteiger partial charge is 0.493 e. The van der Waals surface area contributed by atoms with Gasteiger partial charge in [0.25, 0.3) is 5.91 Å². The molecule has 0 aliphatic carbocycles. The van der Waals surface area contributed by atoms with Crippen LogP contribution in [0.25, 0.3) is 17.1 Å². The van der Waals surface area contributed by atoms with Crippen molar-refractivity contribution in [2.45, 2.75) is 5.16 Å². The number of ether oxygens (including phenoxy) is 3. The number of amides is 1. The quantitative estimate of drug-likeness (QED) is 0.152. The lowest BCUT2D eigenvalue weighted by Crippen LogP contribution is -2.20. The number of benzene rings is 3. The fourth-order valence-electron chi connectivity index (χ4n) is 3.54. The monoisotopic (exact) mass is 571 g/mol. The fraction of sp³-hybridized carbons (Fsp3) is 0.154. The molecule has 3 aromatic carbocycles. The summed E-state index contributed by atoms with van der Waals surface area (Å²) >= 11 is 13.5. The molecule has 38 heavy (non-hydrogen) atoms. The Hall–Kier alpha value is -3.73. The minimum atomic E-state index is -0.341. The molecule has 196 valence electrons. The van der Waals surface area contributed by atoms with Crippen molar-refractivity contribution in [3.63, 3.8) is 0 Å². The second-order valence-corrected chi connectivity index (χ2v) is 9.37. The van der Waals surface area contributed by atoms with Gasteiger partial charge in [0.05, 0.1) is 43.3 Å². The Balaban J connectivity index is 1.60. The van der Waals surface area contributed by atoms with E-state index in [1.807, 2.05) is 34.9 Å². The third-order valence-corrected chi connectivity index (χ3v) is 6.87. The molecule has 9 nitrogen and oxygen atoms in total. The van der Waals surface area contributed by atoms with Crippen LogP contribution in [0.4, 0.5) is 0 Å². The zero-order chi connectivity index (χ0) is 27.1. The minimum Gasteiger partial charge on any atom is -0.493 e. The van der Waals surface area contributed by atoms with Crippen LogP contribution in [0.3, 0.4) is 0 Å². The van der Waals surface area contributed by atoms with Crippen molar-refractivity contribution >= 4 is 47.1 Å². The van der Waals surface area contributed by atoms with E-state index < -0.39 is 0 Å². The van der Waals surface area contributed by atoms with Crippen LogP contribution in [0, 0.1) is 0 Å². The summed E-state index contributed by atoms with van der Waals surface area (Å²) < 4.78 is 18.3. The average Bonchev–Trinajstić information content (AvgIpc) is 3.37. The maximum Gasteiger partial charge on any atom is 0.250 e. The zero-order valence-electron chi connectivity index (χ0n) is 20.6. The van der Waals surface area contributed by atoms with Crippen LogP contribution in [0.2, 0.25) is 10.0 Å². The smallest absolute Gasteiger partial charge is 0.250 e. The van der Waals surface area contributed by atoms with Crippen molar-refractivity contribution in [1.82, 2.24) is 20.2 Å². The molecule has 0 aliphatic rings. The molecule has 0 bridgehead atoms. The van der Waals surface area contributed by atoms with Gasteiger partial charge in [-0.05, 0) is 36.4 Å². The lowest BCUT2D eigenvalue weighted by atomic mass is 10.1. The molecule has 0 radical (unpaired) electrons. The summed E-state index contributed by atoms with van der Waals surface area (Å²) in [5.74, 6) is 1.66. The predicted octanol–water partition coefficient (Wildman–Crippen LogP) is 5.51. The third kappa shape index (κ3) is 6.04. The SMILES string of the molecule is COc1cc(-c2nnc(SCC(=O)N/N=C\c3c(Cl)cccc3Cl)n2-c2ccccc2)cc(OC)c1OC. The number of hydrazone groups is 1. The Morgan fingerprint density at radius 3 is 2.24 bits per heavy atom. The first-order valence-electron chi connectivity index (χ1n) is 11.2. The zero-order valence-corrected chi connectivity index (χ0v) is 23.0. The van der Waals surface area contributed by atoms with Gasteiger partial charge in [-0.3, -0.25) is 9.36 Å². The lowest BCUT2D eigenvalue weighted by molar-refractivity contribution is -0.118. The summed E-state index contributed by atoms with van der Waals surface area (Å²) in [6.07, 6.45) is 1.41. The van der Waals surface area contributed by atoms with E-state index in [4.69, 9.17) is 37.4 Å². The van der Waals surface area contributed by atoms with Crippen LogP contribution in [0.1, 0.15) is 5.56 Å². The topological polar surface area (TPSA) is 99.9 Å². The minimum absolute atomic E-state index is 0.0355. The van der Waals surface area contributed by atoms with Gasteiger partial charge in [0, 0.05) is 16.8 Å². The number of nitrogens with zero attached hydrogens (tertiary/aromatic N) is 4. The van der Waals surface area contributed by atoms with Crippen molar-refractivity contribution in [2.75, 3.05) is 27.1 Å². The first-order valence-corrected chi connectivity index (χ1v) is 12.9. The molecule has 1 heterocycles. The highest BCUT2D eigenvalue weighted by atomic mass is 35.5. The molecule has 0 atom stereocenters. The number of para-hydroxylation sites is 1. The van der Waals surface area contributed by atoms with Crippen molar-refractivity contribution in [2.24, 2.45) is 5.10 Å². The Bertz CT molecular complexity index is 1420. The highest BCUT2D eigenvalue weighted by molar-refractivity contribution is 7.99. The molecule has 0 saturated carbocycles. The maximum atomic E-state index is 12.5. The number of hydrogen-bond acceptors (Lipinski definition) is 8. The van der Waals surface area contributed by atoms with E-state index in [1.54, 1.807) is 51.7 Å². The number of nitrogens with one attached hydrogen (secondary N) is 1. The summed E-state index contributed by atoms with van der Waals surface area (Å²) in [4.78, 5) is 12.5. The number of methoxy groups -OCH3 is 3. The van der Waals surface area contributed by atoms with E-state index in [-0.39, 0.29) is 11.7 Å². The molecule has 4 aromatic rings. The molecule has 1 N–H and O–H groups in total. The summed E-state index contributed by atoms with van der Waals surface area (Å²) in [5, 5.41) is 14.1. The fourth-order valence-corrected chi connectivity index (χ4v) is 4.77. The summed E-state index contributed by atoms with van der Waals surface area (Å²) in [7, 11) is 4.63. The molecular weight excluding hydrogens is 549 g/mol. The van der Waals surface area contributed by atoms with Crippen LogP contribution in [0.5, 0.6) is 17.2 Å². The van der Waals surface area contributed by atoms with Gasteiger partial charge in [0.2, 0.25) is 5.75 Å². The maximum absolute atomic E-state index is 12.5. The van der Waals surface area contributed by atoms with E-state index in [0.717, 1.165) is 5.69 Å². The second kappa shape index (κ2) is 12.7. The first kappa shape index (κ1) is 27.3. The number of thioether (sulfide) groups is 1. The van der Waals surface area contributed by atoms with Gasteiger partial charge in [0.15, 0.2) is 22.5 Å². The predicted molar refractivity (Wildman–Crippen MR) is 149 cm³/mol. The number of rotatable bonds is 10. The number of carbonyl (C=O) groups is 1. The van der Waals surface area contributed by atoms with Gasteiger partial charge >= 0.3 is 0 Å². The third-order valence-electron chi connectivity index (χ3n) is 5.29. The lowest BCUT2D eigenvalue weighted by Gasteiger charge is -2.15. The first-order chi connectivity index (χ1) is 18.5. The molecule has 0 fully saturated rings. The molecule has 0 spiro atoms. The van der Waals surface area contributed by atoms with Crippen LogP contribution < -0.4 is 19.6 Å². The van der Waals surface area contributed by atoms with Crippen LogP contribution >= 0.6 is 35.0 Å². The van der Waals surface area contributed by atoms with Gasteiger partial charge < -0.3 is 14.2 Å². The molecule has 0 aliphatic heterocycles. The van der Waals surface area contributed by atoms with E-state index in [0.29, 0.717) is 49.4 Å². The van der Waals surface area contributed by atoms with E-state index in [1.165, 1.54) is 18.0 Å². The number of carbonyl (C=O) groups excluding carboxylic acids is 1. The standard InChI is InChI=1S/C26H23Cl2N5O4S/c1-35-21-12-16(13-22(36-2)24(21)37-3)25-31-32-26(33(25)17-8-5-4-6-9-17)38-15-23(34)30-29-14-18-19(27)10-7-11-20(18)28/h4-14H,15H2,1-3H3,(H,30,34)/b29-14-. The Kier molecular flexibility index (Phi) is 9.11. The van der Waals surface area contributed by atoms with Crippen LogP contribution in [0.15, 0.2) is 70.9 Å². The van der Waals surface area contributed by atoms with Gasteiger partial charge in [-0.15, -0.1) is 10.2 Å². The van der Waals surface area contributed by atoms with Gasteiger partial charge in [0.1, 0.15) is 0 Å². The van der Waals surface area contributed by atoms with E-state index in [2.05, 4.69) is 20.7 Å². The normalized spacial score (nSPS) is 11.0. The molecule has 0 saturated heterocycles. The molecular formula is C26H23Cl2N5O4S. The molecule has 1 aromatic heterocycles. The van der Waals surface area contributed by atoms with Crippen molar-refractivity contribution in [1.29, 1.82) is 0 Å². The molecule has 1 amide bonds. The number of hydrogen-bond donors (Lipinski definition) is 1. The van der Waals surface area contributed by atoms with Crippen molar-refractivity contribution < 1.29 is 19.0 Å². The average molecular weight is 572 g/mol. The summed E-state index contributed by atoms with van der Waals surface area (Å²) in [6, 6.07) is 18.3. The van der Waals surface area contributed by atoms with Crippen molar-refractivity contribution in [3.8, 4) is 34.3 Å². The second-order valence-electron chi connectivity index (χ2n) is 7.61. The summed E-state index contributed by atoms with van der Waals surface area (Å²) in [5.41, 5.74) is 4.50. The van der Waals surface area contributed by atoms with Gasteiger partial charge in [-0.25, -0.2) is 5.43 Å². The van der Waals surface area contributed by atoms with Crippen LogP contribution in [-0.4, -0.2) is 54.0 Å². The van der Waals surface area contributed by atoms with E-state index >= 15 is 0 Å². The Morgan fingerprint density at radius 1 is 0.974 bits per heavy atom. The van der Waals surface area contributed by atoms with Gasteiger partial charge in [-0.1, -0.05) is 59.2 Å². The Labute approximate surface area is 233 Å². The molecule has 12 heteroatoms. The molecule has 4 rings (SSSR count). The van der Waals surface area contributed by atoms with E-state index in [9.17, 15) is 4.79 Å². The highest BCUT2D eigenvalue weighted by Crippen LogP contribution is 2.41. The van der Waals surface area contributed by atoms with Gasteiger partial charge in [-0.2, -0.15) is 5.10 Å². The highest BCUT2D eigenvalue weighted by Gasteiger charge is 2.21. The van der Waals surface area contributed by atoms with Crippen molar-refractivity contribution in [3.05, 3.63) is 76.3 Å². The number of aromatic nitrogens is 3. The summed E-state index contributed by atoms with van der Waals surface area (Å²) in [6.45, 7) is 0. The Morgan fingerprint density at radius 2 is 1.63 bits per heavy atom.